The summed E-state index contributed by atoms with van der Waals surface area (Å²) in [4.78, 5) is 25.1. The molecular weight excluding hydrogens is 344 g/mol. The maximum atomic E-state index is 13.0. The van der Waals surface area contributed by atoms with Crippen LogP contribution >= 0.6 is 0 Å². The van der Waals surface area contributed by atoms with Gasteiger partial charge in [-0.05, 0) is 45.1 Å². The predicted molar refractivity (Wildman–Crippen MR) is 102 cm³/mol. The Kier molecular flexibility index (Phi) is 6.37. The molecule has 146 valence electrons. The van der Waals surface area contributed by atoms with Gasteiger partial charge in [0.05, 0.1) is 18.2 Å². The predicted octanol–water partition coefficient (Wildman–Crippen LogP) is 3.98. The Labute approximate surface area is 160 Å². The van der Waals surface area contributed by atoms with Gasteiger partial charge in [-0.15, -0.1) is 0 Å². The second-order valence-corrected chi connectivity index (χ2v) is 7.12. The molecule has 1 atom stereocenters. The normalized spacial score (nSPS) is 20.7. The topological polar surface area (TPSA) is 76.7 Å². The molecule has 0 unspecified atom stereocenters. The van der Waals surface area contributed by atoms with Crippen LogP contribution in [-0.4, -0.2) is 24.7 Å². The number of hydrogen-bond donors (Lipinski definition) is 2. The Morgan fingerprint density at radius 1 is 1.19 bits per heavy atom. The van der Waals surface area contributed by atoms with Crippen LogP contribution < -0.4 is 15.4 Å². The zero-order valence-corrected chi connectivity index (χ0v) is 16.0. The van der Waals surface area contributed by atoms with Crippen molar-refractivity contribution >= 4 is 12.0 Å². The average Bonchev–Trinajstić information content (AvgIpc) is 2.66. The molecule has 0 radical (unpaired) electrons. The molecule has 1 aliphatic carbocycles. The summed E-state index contributed by atoms with van der Waals surface area (Å²) in [6, 6.07) is 6.57. The molecule has 1 fully saturated rings. The fourth-order valence-electron chi connectivity index (χ4n) is 3.66. The number of para-hydroxylation sites is 1. The van der Waals surface area contributed by atoms with E-state index in [0.29, 0.717) is 23.6 Å². The highest BCUT2D eigenvalue weighted by Gasteiger charge is 2.35. The molecule has 1 aromatic rings. The van der Waals surface area contributed by atoms with Crippen LogP contribution in [0.4, 0.5) is 4.79 Å². The number of amides is 2. The van der Waals surface area contributed by atoms with E-state index in [4.69, 9.17) is 9.47 Å². The minimum Gasteiger partial charge on any atom is -0.493 e. The van der Waals surface area contributed by atoms with Gasteiger partial charge < -0.3 is 20.1 Å². The number of carbonyl (C=O) groups is 2. The van der Waals surface area contributed by atoms with Gasteiger partial charge in [-0.25, -0.2) is 9.59 Å². The van der Waals surface area contributed by atoms with Gasteiger partial charge in [0, 0.05) is 11.3 Å². The average molecular weight is 372 g/mol. The summed E-state index contributed by atoms with van der Waals surface area (Å²) in [5, 5.41) is 5.56. The van der Waals surface area contributed by atoms with E-state index < -0.39 is 6.04 Å². The number of urea groups is 1. The van der Waals surface area contributed by atoms with Crippen LogP contribution in [0.25, 0.3) is 0 Å². The van der Waals surface area contributed by atoms with Crippen LogP contribution in [-0.2, 0) is 9.53 Å². The summed E-state index contributed by atoms with van der Waals surface area (Å²) in [5.74, 6) is 0.296. The second kappa shape index (κ2) is 8.93. The fraction of sp³-hybridized carbons (Fsp3) is 0.524. The van der Waals surface area contributed by atoms with Crippen LogP contribution in [0.5, 0.6) is 5.75 Å². The van der Waals surface area contributed by atoms with E-state index >= 15 is 0 Å². The summed E-state index contributed by atoms with van der Waals surface area (Å²) in [7, 11) is 0. The van der Waals surface area contributed by atoms with Crippen molar-refractivity contribution in [2.75, 3.05) is 6.61 Å². The van der Waals surface area contributed by atoms with Crippen molar-refractivity contribution in [1.29, 1.82) is 0 Å². The first-order valence-corrected chi connectivity index (χ1v) is 9.81. The van der Waals surface area contributed by atoms with Crippen molar-refractivity contribution < 1.29 is 19.1 Å². The lowest BCUT2D eigenvalue weighted by molar-refractivity contribution is -0.146. The SMILES string of the molecule is CCCOc1ccccc1[C@@H]1NC(=O)NC(C)=C1C(=O)OC1CCCCC1. The Hall–Kier alpha value is -2.50. The summed E-state index contributed by atoms with van der Waals surface area (Å²) >= 11 is 0. The Morgan fingerprint density at radius 2 is 1.93 bits per heavy atom. The van der Waals surface area contributed by atoms with E-state index in [1.165, 1.54) is 6.42 Å². The van der Waals surface area contributed by atoms with E-state index in [0.717, 1.165) is 37.7 Å². The summed E-state index contributed by atoms with van der Waals surface area (Å²) in [5.41, 5.74) is 1.72. The number of esters is 1. The van der Waals surface area contributed by atoms with E-state index in [9.17, 15) is 9.59 Å². The molecule has 6 heteroatoms. The van der Waals surface area contributed by atoms with E-state index in [1.807, 2.05) is 31.2 Å². The monoisotopic (exact) mass is 372 g/mol. The van der Waals surface area contributed by atoms with Gasteiger partial charge in [0.2, 0.25) is 0 Å². The molecule has 2 aliphatic rings. The van der Waals surface area contributed by atoms with Crippen LogP contribution in [0.1, 0.15) is 64.0 Å². The highest BCUT2D eigenvalue weighted by atomic mass is 16.5. The van der Waals surface area contributed by atoms with E-state index in [-0.39, 0.29) is 18.1 Å². The molecule has 0 spiro atoms. The standard InChI is InChI=1S/C21H28N2O4/c1-3-13-26-17-12-8-7-11-16(17)19-18(14(2)22-21(25)23-19)20(24)27-15-9-5-4-6-10-15/h7-8,11-12,15,19H,3-6,9-10,13H2,1-2H3,(H2,22,23,25)/t19-/m0/s1. The van der Waals surface area contributed by atoms with Gasteiger partial charge in [-0.1, -0.05) is 31.5 Å². The Balaban J connectivity index is 1.89. The third-order valence-electron chi connectivity index (χ3n) is 5.01. The fourth-order valence-corrected chi connectivity index (χ4v) is 3.66. The molecule has 0 aromatic heterocycles. The summed E-state index contributed by atoms with van der Waals surface area (Å²) in [6.45, 7) is 4.34. The number of carbonyl (C=O) groups excluding carboxylic acids is 2. The first-order chi connectivity index (χ1) is 13.1. The molecule has 3 rings (SSSR count). The van der Waals surface area contributed by atoms with Gasteiger partial charge >= 0.3 is 12.0 Å². The summed E-state index contributed by atoms with van der Waals surface area (Å²) < 4.78 is 11.6. The maximum absolute atomic E-state index is 13.0. The molecule has 1 aromatic carbocycles. The molecule has 0 bridgehead atoms. The van der Waals surface area contributed by atoms with Crippen molar-refractivity contribution in [3.8, 4) is 5.75 Å². The first kappa shape index (κ1) is 19.3. The molecule has 1 aliphatic heterocycles. The largest absolute Gasteiger partial charge is 0.493 e. The molecule has 1 saturated carbocycles. The molecule has 2 N–H and O–H groups in total. The number of nitrogens with one attached hydrogen (secondary N) is 2. The lowest BCUT2D eigenvalue weighted by Crippen LogP contribution is -2.45. The molecule has 6 nitrogen and oxygen atoms in total. The highest BCUT2D eigenvalue weighted by molar-refractivity contribution is 5.95. The van der Waals surface area contributed by atoms with Crippen LogP contribution in [0.15, 0.2) is 35.5 Å². The van der Waals surface area contributed by atoms with Gasteiger partial charge in [-0.2, -0.15) is 0 Å². The first-order valence-electron chi connectivity index (χ1n) is 9.81. The van der Waals surface area contributed by atoms with E-state index in [1.54, 1.807) is 6.92 Å². The van der Waals surface area contributed by atoms with Crippen molar-refractivity contribution in [2.24, 2.45) is 0 Å². The van der Waals surface area contributed by atoms with Crippen molar-refractivity contribution in [1.82, 2.24) is 10.6 Å². The smallest absolute Gasteiger partial charge is 0.338 e. The Bertz CT molecular complexity index is 723. The van der Waals surface area contributed by atoms with Crippen molar-refractivity contribution in [3.63, 3.8) is 0 Å². The third kappa shape index (κ3) is 4.62. The van der Waals surface area contributed by atoms with Gasteiger partial charge in [0.1, 0.15) is 11.9 Å². The molecule has 0 saturated heterocycles. The molecule has 27 heavy (non-hydrogen) atoms. The van der Waals surface area contributed by atoms with Gasteiger partial charge in [-0.3, -0.25) is 0 Å². The van der Waals surface area contributed by atoms with Crippen molar-refractivity contribution in [3.05, 3.63) is 41.1 Å². The van der Waals surface area contributed by atoms with Crippen LogP contribution in [0.3, 0.4) is 0 Å². The number of rotatable bonds is 6. The third-order valence-corrected chi connectivity index (χ3v) is 5.01. The van der Waals surface area contributed by atoms with Crippen LogP contribution in [0.2, 0.25) is 0 Å². The molecule has 2 amide bonds. The highest BCUT2D eigenvalue weighted by Crippen LogP contribution is 2.34. The summed E-state index contributed by atoms with van der Waals surface area (Å²) in [6.07, 6.45) is 5.99. The number of hydrogen-bond acceptors (Lipinski definition) is 4. The minimum absolute atomic E-state index is 0.0450. The van der Waals surface area contributed by atoms with Crippen molar-refractivity contribution in [2.45, 2.75) is 64.5 Å². The quantitative estimate of drug-likeness (QED) is 0.741. The van der Waals surface area contributed by atoms with E-state index in [2.05, 4.69) is 10.6 Å². The van der Waals surface area contributed by atoms with Gasteiger partial charge in [0.15, 0.2) is 0 Å². The minimum atomic E-state index is -0.595. The van der Waals surface area contributed by atoms with Crippen LogP contribution in [0, 0.1) is 0 Å². The second-order valence-electron chi connectivity index (χ2n) is 7.12. The zero-order chi connectivity index (χ0) is 19.2. The maximum Gasteiger partial charge on any atom is 0.338 e. The number of allylic oxidation sites excluding steroid dienone is 1. The lowest BCUT2D eigenvalue weighted by Gasteiger charge is -2.30. The molecule has 1 heterocycles. The number of ether oxygens (including phenoxy) is 2. The zero-order valence-electron chi connectivity index (χ0n) is 16.0. The lowest BCUT2D eigenvalue weighted by atomic mass is 9.94. The molecular formula is C21H28N2O4. The number of benzene rings is 1. The van der Waals surface area contributed by atoms with Gasteiger partial charge in [0.25, 0.3) is 0 Å². The Morgan fingerprint density at radius 3 is 2.67 bits per heavy atom.